The predicted octanol–water partition coefficient (Wildman–Crippen LogP) is 2.54. The first-order valence-electron chi connectivity index (χ1n) is 5.93. The van der Waals surface area contributed by atoms with E-state index in [2.05, 4.69) is 31.2 Å². The van der Waals surface area contributed by atoms with Crippen LogP contribution in [0.2, 0.25) is 0 Å². The largest absolute Gasteiger partial charge is 0.316 e. The summed E-state index contributed by atoms with van der Waals surface area (Å²) in [6.07, 6.45) is 4.14. The molecule has 1 aliphatic heterocycles. The van der Waals surface area contributed by atoms with Crippen LogP contribution in [0.3, 0.4) is 0 Å². The Kier molecular flexibility index (Phi) is 3.07. The number of aromatic nitrogens is 2. The Labute approximate surface area is 109 Å². The molecule has 2 heterocycles. The number of nitrogens with one attached hydrogen (secondary N) is 1. The van der Waals surface area contributed by atoms with Crippen molar-refractivity contribution < 1.29 is 0 Å². The molecule has 17 heavy (non-hydrogen) atoms. The molecular weight excluding hydrogens is 278 g/mol. The maximum Gasteiger partial charge on any atom is 0.129 e. The zero-order valence-electron chi connectivity index (χ0n) is 9.49. The van der Waals surface area contributed by atoms with Crippen molar-refractivity contribution in [3.05, 3.63) is 34.7 Å². The molecule has 0 saturated carbocycles. The highest BCUT2D eigenvalue weighted by Gasteiger charge is 2.16. The van der Waals surface area contributed by atoms with Gasteiger partial charge in [0, 0.05) is 22.5 Å². The Morgan fingerprint density at radius 3 is 3.18 bits per heavy atom. The van der Waals surface area contributed by atoms with E-state index >= 15 is 0 Å². The Hall–Kier alpha value is -1.00. The molecule has 1 aromatic carbocycles. The van der Waals surface area contributed by atoms with Crippen molar-refractivity contribution in [2.45, 2.75) is 12.8 Å². The third kappa shape index (κ3) is 2.48. The van der Waals surface area contributed by atoms with Gasteiger partial charge in [-0.3, -0.25) is 0 Å². The molecule has 1 atom stereocenters. The van der Waals surface area contributed by atoms with Crippen LogP contribution in [-0.2, 0) is 6.42 Å². The van der Waals surface area contributed by atoms with Crippen LogP contribution in [-0.4, -0.2) is 23.1 Å². The average molecular weight is 292 g/mol. The summed E-state index contributed by atoms with van der Waals surface area (Å²) in [6.45, 7) is 2.23. The first kappa shape index (κ1) is 11.1. The second kappa shape index (κ2) is 4.70. The number of rotatable bonds is 2. The Morgan fingerprint density at radius 2 is 2.35 bits per heavy atom. The van der Waals surface area contributed by atoms with Gasteiger partial charge in [0.2, 0.25) is 0 Å². The molecular formula is C13H14BrN3. The lowest BCUT2D eigenvalue weighted by Gasteiger charge is -2.07. The van der Waals surface area contributed by atoms with E-state index in [1.54, 1.807) is 0 Å². The smallest absolute Gasteiger partial charge is 0.129 e. The zero-order chi connectivity index (χ0) is 11.7. The molecule has 1 unspecified atom stereocenters. The van der Waals surface area contributed by atoms with Crippen molar-refractivity contribution >= 4 is 26.8 Å². The molecule has 88 valence electrons. The minimum Gasteiger partial charge on any atom is -0.316 e. The van der Waals surface area contributed by atoms with Crippen molar-refractivity contribution in [2.24, 2.45) is 5.92 Å². The Balaban J connectivity index is 1.89. The summed E-state index contributed by atoms with van der Waals surface area (Å²) in [5, 5.41) is 4.47. The van der Waals surface area contributed by atoms with Gasteiger partial charge in [-0.25, -0.2) is 9.97 Å². The summed E-state index contributed by atoms with van der Waals surface area (Å²) in [5.41, 5.74) is 1.02. The fourth-order valence-electron chi connectivity index (χ4n) is 2.28. The maximum absolute atomic E-state index is 4.63. The van der Waals surface area contributed by atoms with Crippen molar-refractivity contribution in [2.75, 3.05) is 13.1 Å². The molecule has 3 nitrogen and oxygen atoms in total. The minimum atomic E-state index is 0.694. The predicted molar refractivity (Wildman–Crippen MR) is 71.9 cm³/mol. The van der Waals surface area contributed by atoms with Gasteiger partial charge in [-0.15, -0.1) is 0 Å². The maximum atomic E-state index is 4.63. The molecule has 1 aliphatic rings. The lowest BCUT2D eigenvalue weighted by molar-refractivity contribution is 0.563. The van der Waals surface area contributed by atoms with Gasteiger partial charge in [0.1, 0.15) is 5.82 Å². The Morgan fingerprint density at radius 1 is 1.41 bits per heavy atom. The molecule has 1 N–H and O–H groups in total. The van der Waals surface area contributed by atoms with Crippen LogP contribution in [0, 0.1) is 5.92 Å². The summed E-state index contributed by atoms with van der Waals surface area (Å²) in [7, 11) is 0. The molecule has 2 aromatic rings. The van der Waals surface area contributed by atoms with Crippen LogP contribution in [0.25, 0.3) is 10.9 Å². The first-order chi connectivity index (χ1) is 8.31. The Bertz CT molecular complexity index is 535. The number of halogens is 1. The molecule has 0 bridgehead atoms. The van der Waals surface area contributed by atoms with Crippen LogP contribution in [0.5, 0.6) is 0 Å². The van der Waals surface area contributed by atoms with Crippen molar-refractivity contribution in [1.82, 2.24) is 15.3 Å². The quantitative estimate of drug-likeness (QED) is 0.924. The van der Waals surface area contributed by atoms with E-state index in [9.17, 15) is 0 Å². The highest BCUT2D eigenvalue weighted by atomic mass is 79.9. The molecule has 1 fully saturated rings. The van der Waals surface area contributed by atoms with E-state index in [-0.39, 0.29) is 0 Å². The van der Waals surface area contributed by atoms with Gasteiger partial charge in [-0.1, -0.05) is 22.0 Å². The minimum absolute atomic E-state index is 0.694. The zero-order valence-corrected chi connectivity index (χ0v) is 11.1. The number of nitrogens with zero attached hydrogens (tertiary/aromatic N) is 2. The summed E-state index contributed by atoms with van der Waals surface area (Å²) >= 11 is 3.47. The molecule has 3 rings (SSSR count). The highest BCUT2D eigenvalue weighted by molar-refractivity contribution is 9.10. The van der Waals surface area contributed by atoms with Gasteiger partial charge in [-0.05, 0) is 37.6 Å². The fourth-order valence-corrected chi connectivity index (χ4v) is 2.63. The van der Waals surface area contributed by atoms with Gasteiger partial charge in [0.05, 0.1) is 5.52 Å². The number of hydrogen-bond acceptors (Lipinski definition) is 3. The third-order valence-corrected chi connectivity index (χ3v) is 3.72. The van der Waals surface area contributed by atoms with E-state index in [0.29, 0.717) is 5.92 Å². The van der Waals surface area contributed by atoms with Gasteiger partial charge < -0.3 is 5.32 Å². The van der Waals surface area contributed by atoms with Crippen LogP contribution in [0.15, 0.2) is 28.9 Å². The van der Waals surface area contributed by atoms with Gasteiger partial charge in [-0.2, -0.15) is 0 Å². The molecule has 4 heteroatoms. The number of hydrogen-bond donors (Lipinski definition) is 1. The molecule has 1 saturated heterocycles. The van der Waals surface area contributed by atoms with Crippen molar-refractivity contribution in [3.63, 3.8) is 0 Å². The fraction of sp³-hybridized carbons (Fsp3) is 0.385. The SMILES string of the molecule is Brc1ccc2cnc(CC3CCNC3)nc2c1. The van der Waals surface area contributed by atoms with Crippen LogP contribution >= 0.6 is 15.9 Å². The second-order valence-electron chi connectivity index (χ2n) is 4.55. The van der Waals surface area contributed by atoms with E-state index in [1.165, 1.54) is 6.42 Å². The normalized spacial score (nSPS) is 19.9. The number of benzene rings is 1. The number of fused-ring (bicyclic) bond motifs is 1. The topological polar surface area (TPSA) is 37.8 Å². The van der Waals surface area contributed by atoms with Crippen LogP contribution in [0.4, 0.5) is 0 Å². The second-order valence-corrected chi connectivity index (χ2v) is 5.47. The van der Waals surface area contributed by atoms with E-state index in [0.717, 1.165) is 40.7 Å². The highest BCUT2D eigenvalue weighted by Crippen LogP contribution is 2.19. The molecule has 0 radical (unpaired) electrons. The van der Waals surface area contributed by atoms with Crippen molar-refractivity contribution in [1.29, 1.82) is 0 Å². The van der Waals surface area contributed by atoms with Gasteiger partial charge in [0.15, 0.2) is 0 Å². The standard InChI is InChI=1S/C13H14BrN3/c14-11-2-1-10-8-16-13(17-12(10)6-11)5-9-3-4-15-7-9/h1-2,6,8-9,15H,3-5,7H2. The van der Waals surface area contributed by atoms with Gasteiger partial charge >= 0.3 is 0 Å². The summed E-state index contributed by atoms with van der Waals surface area (Å²) in [5.74, 6) is 1.66. The van der Waals surface area contributed by atoms with Crippen molar-refractivity contribution in [3.8, 4) is 0 Å². The first-order valence-corrected chi connectivity index (χ1v) is 6.72. The molecule has 0 amide bonds. The summed E-state index contributed by atoms with van der Waals surface area (Å²) < 4.78 is 1.07. The third-order valence-electron chi connectivity index (χ3n) is 3.23. The molecule has 0 aliphatic carbocycles. The summed E-state index contributed by atoms with van der Waals surface area (Å²) in [6, 6.07) is 6.11. The van der Waals surface area contributed by atoms with E-state index < -0.39 is 0 Å². The van der Waals surface area contributed by atoms with E-state index in [1.807, 2.05) is 24.4 Å². The molecule has 0 spiro atoms. The monoisotopic (exact) mass is 291 g/mol. The van der Waals surface area contributed by atoms with Crippen LogP contribution < -0.4 is 5.32 Å². The lowest BCUT2D eigenvalue weighted by Crippen LogP contribution is -2.12. The average Bonchev–Trinajstić information content (AvgIpc) is 2.81. The lowest BCUT2D eigenvalue weighted by atomic mass is 10.0. The van der Waals surface area contributed by atoms with Crippen LogP contribution in [0.1, 0.15) is 12.2 Å². The van der Waals surface area contributed by atoms with E-state index in [4.69, 9.17) is 0 Å². The summed E-state index contributed by atoms with van der Waals surface area (Å²) in [4.78, 5) is 9.08. The molecule has 1 aromatic heterocycles. The van der Waals surface area contributed by atoms with Gasteiger partial charge in [0.25, 0.3) is 0 Å².